The summed E-state index contributed by atoms with van der Waals surface area (Å²) in [6, 6.07) is 8.29. The zero-order valence-corrected chi connectivity index (χ0v) is 14.8. The number of amides is 1. The van der Waals surface area contributed by atoms with Crippen molar-refractivity contribution >= 4 is 17.3 Å². The molecule has 0 unspecified atom stereocenters. The van der Waals surface area contributed by atoms with Crippen LogP contribution in [0.5, 0.6) is 0 Å². The summed E-state index contributed by atoms with van der Waals surface area (Å²) in [6.45, 7) is 2.13. The molecular formula is C19H22N4O3. The molecule has 1 aromatic carbocycles. The van der Waals surface area contributed by atoms with Gasteiger partial charge >= 0.3 is 0 Å². The van der Waals surface area contributed by atoms with Gasteiger partial charge in [0.2, 0.25) is 0 Å². The van der Waals surface area contributed by atoms with Crippen molar-refractivity contribution in [2.75, 3.05) is 25.0 Å². The molecule has 0 spiro atoms. The van der Waals surface area contributed by atoms with E-state index in [0.29, 0.717) is 12.1 Å². The van der Waals surface area contributed by atoms with Crippen molar-refractivity contribution in [3.63, 3.8) is 0 Å². The molecule has 2 aromatic rings. The van der Waals surface area contributed by atoms with Gasteiger partial charge in [0.1, 0.15) is 0 Å². The third-order valence-electron chi connectivity index (χ3n) is 4.61. The van der Waals surface area contributed by atoms with Gasteiger partial charge in [0.15, 0.2) is 0 Å². The van der Waals surface area contributed by atoms with Crippen LogP contribution in [0.25, 0.3) is 0 Å². The molecule has 0 bridgehead atoms. The second kappa shape index (κ2) is 7.95. The predicted octanol–water partition coefficient (Wildman–Crippen LogP) is 3.25. The zero-order valence-electron chi connectivity index (χ0n) is 14.8. The topological polar surface area (TPSA) is 79.6 Å². The number of nitrogens with zero attached hydrogens (tertiary/aromatic N) is 4. The average Bonchev–Trinajstić information content (AvgIpc) is 2.68. The average molecular weight is 354 g/mol. The molecule has 2 heterocycles. The van der Waals surface area contributed by atoms with Crippen LogP contribution in [0.2, 0.25) is 0 Å². The van der Waals surface area contributed by atoms with Crippen LogP contribution in [-0.4, -0.2) is 40.9 Å². The summed E-state index contributed by atoms with van der Waals surface area (Å²) in [6.07, 6.45) is 6.70. The van der Waals surface area contributed by atoms with Gasteiger partial charge in [-0.25, -0.2) is 0 Å². The van der Waals surface area contributed by atoms with E-state index < -0.39 is 4.92 Å². The van der Waals surface area contributed by atoms with Crippen LogP contribution in [0.15, 0.2) is 42.7 Å². The first-order valence-corrected chi connectivity index (χ1v) is 8.74. The summed E-state index contributed by atoms with van der Waals surface area (Å²) in [5.74, 6) is -0.224. The summed E-state index contributed by atoms with van der Waals surface area (Å²) >= 11 is 0. The highest BCUT2D eigenvalue weighted by Crippen LogP contribution is 2.29. The van der Waals surface area contributed by atoms with E-state index in [2.05, 4.69) is 9.88 Å². The summed E-state index contributed by atoms with van der Waals surface area (Å²) in [5.41, 5.74) is 2.00. The Labute approximate surface area is 152 Å². The fourth-order valence-corrected chi connectivity index (χ4v) is 3.26. The Kier molecular flexibility index (Phi) is 5.46. The molecule has 136 valence electrons. The van der Waals surface area contributed by atoms with Crippen LogP contribution in [0.1, 0.15) is 35.2 Å². The standard InChI is InChI=1S/C19H22N4O3/c1-21(14-15-6-5-9-20-13-15)19(24)17-12-16(23(25)26)7-8-18(17)22-10-3-2-4-11-22/h5-9,12-13H,2-4,10-11,14H2,1H3. The number of carbonyl (C=O) groups is 1. The van der Waals surface area contributed by atoms with Gasteiger partial charge in [0, 0.05) is 51.2 Å². The molecule has 3 rings (SSSR count). The highest BCUT2D eigenvalue weighted by atomic mass is 16.6. The Morgan fingerprint density at radius 1 is 1.27 bits per heavy atom. The largest absolute Gasteiger partial charge is 0.371 e. The van der Waals surface area contributed by atoms with Gasteiger partial charge in [-0.1, -0.05) is 6.07 Å². The SMILES string of the molecule is CN(Cc1cccnc1)C(=O)c1cc([N+](=O)[O-])ccc1N1CCCCC1. The number of nitro groups is 1. The lowest BCUT2D eigenvalue weighted by Crippen LogP contribution is -2.33. The van der Waals surface area contributed by atoms with Crippen molar-refractivity contribution in [1.29, 1.82) is 0 Å². The van der Waals surface area contributed by atoms with E-state index in [9.17, 15) is 14.9 Å². The van der Waals surface area contributed by atoms with E-state index >= 15 is 0 Å². The van der Waals surface area contributed by atoms with Crippen LogP contribution in [0, 0.1) is 10.1 Å². The van der Waals surface area contributed by atoms with Crippen molar-refractivity contribution in [2.45, 2.75) is 25.8 Å². The first-order valence-electron chi connectivity index (χ1n) is 8.74. The van der Waals surface area contributed by atoms with Gasteiger partial charge < -0.3 is 9.80 Å². The molecule has 0 aliphatic carbocycles. The van der Waals surface area contributed by atoms with Crippen molar-refractivity contribution in [2.24, 2.45) is 0 Å². The minimum atomic E-state index is -0.460. The lowest BCUT2D eigenvalue weighted by atomic mass is 10.1. The van der Waals surface area contributed by atoms with Crippen molar-refractivity contribution < 1.29 is 9.72 Å². The van der Waals surface area contributed by atoms with E-state index in [1.807, 2.05) is 12.1 Å². The molecule has 0 saturated carbocycles. The minimum Gasteiger partial charge on any atom is -0.371 e. The second-order valence-electron chi connectivity index (χ2n) is 6.53. The number of benzene rings is 1. The Balaban J connectivity index is 1.90. The molecule has 1 saturated heterocycles. The number of non-ortho nitro benzene ring substituents is 1. The zero-order chi connectivity index (χ0) is 18.5. The Morgan fingerprint density at radius 3 is 2.69 bits per heavy atom. The minimum absolute atomic E-state index is 0.0658. The van der Waals surface area contributed by atoms with E-state index in [4.69, 9.17) is 0 Å². The fourth-order valence-electron chi connectivity index (χ4n) is 3.26. The molecule has 0 atom stereocenters. The van der Waals surface area contributed by atoms with Crippen LogP contribution in [-0.2, 0) is 6.54 Å². The number of aromatic nitrogens is 1. The van der Waals surface area contributed by atoms with Gasteiger partial charge in [-0.3, -0.25) is 19.9 Å². The summed E-state index contributed by atoms with van der Waals surface area (Å²) in [5, 5.41) is 11.2. The molecule has 1 aliphatic rings. The lowest BCUT2D eigenvalue weighted by Gasteiger charge is -2.31. The molecule has 1 fully saturated rings. The first-order chi connectivity index (χ1) is 12.6. The molecule has 1 aromatic heterocycles. The molecule has 7 heteroatoms. The molecule has 0 radical (unpaired) electrons. The van der Waals surface area contributed by atoms with Crippen LogP contribution in [0.3, 0.4) is 0 Å². The van der Waals surface area contributed by atoms with Gasteiger partial charge in [0.05, 0.1) is 16.2 Å². The monoisotopic (exact) mass is 354 g/mol. The maximum Gasteiger partial charge on any atom is 0.270 e. The molecule has 26 heavy (non-hydrogen) atoms. The molecule has 7 nitrogen and oxygen atoms in total. The number of carbonyl (C=O) groups excluding carboxylic acids is 1. The van der Waals surface area contributed by atoms with Crippen molar-refractivity contribution in [3.05, 3.63) is 64.0 Å². The predicted molar refractivity (Wildman–Crippen MR) is 99.2 cm³/mol. The number of anilines is 1. The van der Waals surface area contributed by atoms with Gasteiger partial charge in [-0.2, -0.15) is 0 Å². The summed E-state index contributed by atoms with van der Waals surface area (Å²) in [4.78, 5) is 31.6. The summed E-state index contributed by atoms with van der Waals surface area (Å²) in [7, 11) is 1.70. The number of nitro benzene ring substituents is 1. The smallest absolute Gasteiger partial charge is 0.270 e. The van der Waals surface area contributed by atoms with Crippen molar-refractivity contribution in [3.8, 4) is 0 Å². The quantitative estimate of drug-likeness (QED) is 0.608. The number of hydrogen-bond donors (Lipinski definition) is 0. The number of pyridine rings is 1. The molecule has 1 aliphatic heterocycles. The summed E-state index contributed by atoms with van der Waals surface area (Å²) < 4.78 is 0. The molecular weight excluding hydrogens is 332 g/mol. The number of hydrogen-bond acceptors (Lipinski definition) is 5. The van der Waals surface area contributed by atoms with E-state index in [1.54, 1.807) is 30.4 Å². The van der Waals surface area contributed by atoms with E-state index in [-0.39, 0.29) is 11.6 Å². The number of rotatable bonds is 5. The molecule has 0 N–H and O–H groups in total. The van der Waals surface area contributed by atoms with Crippen LogP contribution >= 0.6 is 0 Å². The normalized spacial score (nSPS) is 14.1. The second-order valence-corrected chi connectivity index (χ2v) is 6.53. The van der Waals surface area contributed by atoms with E-state index in [1.165, 1.54) is 18.6 Å². The highest BCUT2D eigenvalue weighted by molar-refractivity contribution is 6.00. The fraction of sp³-hybridized carbons (Fsp3) is 0.368. The van der Waals surface area contributed by atoms with E-state index in [0.717, 1.165) is 37.2 Å². The number of piperidine rings is 1. The highest BCUT2D eigenvalue weighted by Gasteiger charge is 2.24. The Morgan fingerprint density at radius 2 is 2.04 bits per heavy atom. The lowest BCUT2D eigenvalue weighted by molar-refractivity contribution is -0.384. The van der Waals surface area contributed by atoms with Crippen LogP contribution in [0.4, 0.5) is 11.4 Å². The third kappa shape index (κ3) is 3.99. The third-order valence-corrected chi connectivity index (χ3v) is 4.61. The van der Waals surface area contributed by atoms with Crippen molar-refractivity contribution in [1.82, 2.24) is 9.88 Å². The molecule has 1 amide bonds. The Bertz CT molecular complexity index is 789. The van der Waals surface area contributed by atoms with Gasteiger partial charge in [-0.05, 0) is 37.0 Å². The Hall–Kier alpha value is -2.96. The van der Waals surface area contributed by atoms with Crippen LogP contribution < -0.4 is 4.90 Å². The maximum absolute atomic E-state index is 13.0. The van der Waals surface area contributed by atoms with Gasteiger partial charge in [0.25, 0.3) is 11.6 Å². The first kappa shape index (κ1) is 17.8. The van der Waals surface area contributed by atoms with Gasteiger partial charge in [-0.15, -0.1) is 0 Å². The maximum atomic E-state index is 13.0.